The van der Waals surface area contributed by atoms with Crippen molar-refractivity contribution in [2.75, 3.05) is 79.3 Å². The number of nitrogens with one attached hydrogen (secondary N) is 4. The van der Waals surface area contributed by atoms with Crippen molar-refractivity contribution in [2.24, 2.45) is 0 Å². The normalized spacial score (nSPS) is 12.0. The van der Waals surface area contributed by atoms with Gasteiger partial charge in [-0.1, -0.05) is 314 Å². The van der Waals surface area contributed by atoms with Crippen LogP contribution in [0.4, 0.5) is 0 Å². The molecule has 16 heteroatoms. The maximum absolute atomic E-state index is 7.16. The summed E-state index contributed by atoms with van der Waals surface area (Å²) in [6.07, 6.45) is 50.9. The van der Waals surface area contributed by atoms with Gasteiger partial charge in [-0.15, -0.1) is 0 Å². The van der Waals surface area contributed by atoms with E-state index in [0.29, 0.717) is 148 Å². The zero-order valence-corrected chi connectivity index (χ0v) is 84.6. The molecule has 732 valence electrons. The topological polar surface area (TPSA) is 174 Å². The number of hydrogen-bond donors (Lipinski definition) is 4. The van der Waals surface area contributed by atoms with Gasteiger partial charge in [0.1, 0.15) is 0 Å². The lowest BCUT2D eigenvalue weighted by Gasteiger charge is -2.20. The first kappa shape index (κ1) is 107. The smallest absolute Gasteiger partial charge is 0.203 e. The predicted octanol–water partition coefficient (Wildman–Crippen LogP) is 29.8. The van der Waals surface area contributed by atoms with Gasteiger partial charge < -0.3 is 76.8 Å². The van der Waals surface area contributed by atoms with Gasteiger partial charge in [0.15, 0.2) is 46.0 Å². The van der Waals surface area contributed by atoms with Gasteiger partial charge in [0.05, 0.1) is 79.3 Å². The van der Waals surface area contributed by atoms with Crippen molar-refractivity contribution < 1.29 is 56.8 Å². The van der Waals surface area contributed by atoms with Crippen LogP contribution in [0.15, 0.2) is 97.1 Å². The molecule has 0 atom stereocenters. The van der Waals surface area contributed by atoms with Crippen LogP contribution in [0.1, 0.15) is 436 Å². The van der Waals surface area contributed by atoms with Gasteiger partial charge in [-0.2, -0.15) is 0 Å². The number of hydrogen-bond acceptors (Lipinski definition) is 12. The summed E-state index contributed by atoms with van der Waals surface area (Å²) in [5.41, 5.74) is 10.7. The van der Waals surface area contributed by atoms with Crippen LogP contribution >= 0.6 is 0 Å². The van der Waals surface area contributed by atoms with Crippen LogP contribution in [0.2, 0.25) is 0 Å². The molecule has 1 aliphatic rings. The number of rotatable bonds is 76. The Kier molecular flexibility index (Phi) is 51.9. The largest absolute Gasteiger partial charge is 0.490 e. The molecule has 1 aliphatic heterocycles. The van der Waals surface area contributed by atoms with Crippen LogP contribution in [0, 0.1) is 0 Å². The van der Waals surface area contributed by atoms with E-state index in [4.69, 9.17) is 56.8 Å². The summed E-state index contributed by atoms with van der Waals surface area (Å²) in [5.74, 6) is 7.96. The first-order valence-electron chi connectivity index (χ1n) is 53.7. The van der Waals surface area contributed by atoms with Crippen molar-refractivity contribution in [3.8, 4) is 69.0 Å². The van der Waals surface area contributed by atoms with Gasteiger partial charge in [0.25, 0.3) is 0 Å². The number of aromatic nitrogens is 4. The summed E-state index contributed by atoms with van der Waals surface area (Å²) in [7, 11) is 0. The van der Waals surface area contributed by atoms with Crippen molar-refractivity contribution in [3.05, 3.63) is 163 Å². The third-order valence-electron chi connectivity index (χ3n) is 25.2. The summed E-state index contributed by atoms with van der Waals surface area (Å²) < 4.78 is 85.5. The third kappa shape index (κ3) is 35.1. The van der Waals surface area contributed by atoms with Crippen molar-refractivity contribution in [2.45, 2.75) is 391 Å². The molecule has 0 fully saturated rings. The van der Waals surface area contributed by atoms with Crippen molar-refractivity contribution in [1.29, 1.82) is 0 Å². The van der Waals surface area contributed by atoms with Crippen LogP contribution < -0.4 is 78.2 Å². The van der Waals surface area contributed by atoms with Crippen LogP contribution in [0.5, 0.6) is 69.0 Å². The van der Waals surface area contributed by atoms with Gasteiger partial charge >= 0.3 is 0 Å². The van der Waals surface area contributed by atoms with E-state index in [2.05, 4.69) is 200 Å². The maximum Gasteiger partial charge on any atom is 0.203 e. The van der Waals surface area contributed by atoms with Crippen LogP contribution in [0.3, 0.4) is 0 Å². The zero-order valence-electron chi connectivity index (χ0n) is 84.6. The second kappa shape index (κ2) is 64.1. The molecule has 9 rings (SSSR count). The second-order valence-electron chi connectivity index (χ2n) is 36.8. The van der Waals surface area contributed by atoms with Gasteiger partial charge in [0, 0.05) is 66.5 Å². The molecule has 132 heavy (non-hydrogen) atoms. The monoisotopic (exact) mass is 1820 g/mol. The molecule has 0 aliphatic carbocycles. The van der Waals surface area contributed by atoms with E-state index in [1.165, 1.54) is 0 Å². The van der Waals surface area contributed by atoms with E-state index in [1.54, 1.807) is 0 Å². The van der Waals surface area contributed by atoms with Crippen molar-refractivity contribution in [3.63, 3.8) is 0 Å². The van der Waals surface area contributed by atoms with E-state index in [-0.39, 0.29) is 0 Å². The lowest BCUT2D eigenvalue weighted by Crippen LogP contribution is -2.19. The minimum Gasteiger partial charge on any atom is -0.490 e. The van der Waals surface area contributed by atoms with E-state index in [9.17, 15) is 0 Å². The lowest BCUT2D eigenvalue weighted by molar-refractivity contribution is 0.234. The molecule has 0 unspecified atom stereocenters. The number of ether oxygens (including phenoxy) is 12. The minimum atomic E-state index is 0.530. The highest BCUT2D eigenvalue weighted by Crippen LogP contribution is 2.48. The number of aromatic amines is 4. The summed E-state index contributed by atoms with van der Waals surface area (Å²) in [5, 5.41) is 3.46. The Morgan fingerprint density at radius 1 is 0.152 bits per heavy atom. The molecule has 0 spiro atoms. The number of H-pyrrole nitrogens is 4. The molecule has 4 aromatic carbocycles. The average Bonchev–Trinajstić information content (AvgIpc) is 1.59. The number of unbranched alkanes of at least 4 members (excludes halogenated alkanes) is 36. The van der Waals surface area contributed by atoms with Gasteiger partial charge in [-0.05, 0) is 196 Å². The molecule has 8 bridgehead atoms. The lowest BCUT2D eigenvalue weighted by atomic mass is 10.0. The van der Waals surface area contributed by atoms with Crippen molar-refractivity contribution in [1.82, 2.24) is 19.9 Å². The fourth-order valence-corrected chi connectivity index (χ4v) is 17.4. The van der Waals surface area contributed by atoms with E-state index in [0.717, 1.165) is 397 Å². The molecule has 8 aromatic rings. The predicted molar refractivity (Wildman–Crippen MR) is 550 cm³/mol. The minimum absolute atomic E-state index is 0.530. The Bertz CT molecular complexity index is 4030. The highest BCUT2D eigenvalue weighted by atomic mass is 16.6. The van der Waals surface area contributed by atoms with Crippen LogP contribution in [-0.4, -0.2) is 99.2 Å². The fourth-order valence-electron chi connectivity index (χ4n) is 17.4. The summed E-state index contributed by atoms with van der Waals surface area (Å²) in [6.45, 7) is 33.6. The SMILES string of the molecule is CCCCCCOc1cc(C2=c3ccc([nH]3)=C(c3cc(OCCCCCC)c(OCCCCCC)c(OCCCCCC)c3)c3ccc([nH]3)C(c3cc(OCCCCCC)c(OCCCCCC)c(OCCCCCC)c3)=c3ccc([nH]3)=C(c3cc(OCCCCCC)c(OCCCCCC)c(OCCCCCC)c3)c3ccc2[nH]3)cc(OCCCCCC)c1OCCCCCC. The third-order valence-corrected chi connectivity index (χ3v) is 25.2. The molecule has 16 nitrogen and oxygen atoms in total. The van der Waals surface area contributed by atoms with E-state index in [1.807, 2.05) is 0 Å². The Balaban J connectivity index is 1.49. The first-order chi connectivity index (χ1) is 65.1. The fraction of sp³-hybridized carbons (Fsp3) is 0.621. The standard InChI is InChI=1S/C116H176N4O12/c1-13-25-37-49-69-121-101-81-89(82-102(122-70-50-38-26-14-2)113(101)129-77-57-45-33-21-9)109-93-61-63-95(117-93)110(90-83-103(123-71-51-39-27-15-3)114(130-78-58-46-34-22-10)104(84-90)124-72-52-40-28-16-4)97-65-67-99(119-97)112(92-87-107(127-75-55-43-31-19-7)116(132-80-60-48-36-24-12)108(88-92)128-76-56-44-32-20-8)100-68-66-98(120-100)111(96-64-62-94(109)118-96)91-85-105(125-73-53-41-29-17-5)115(131-79-59-47-35-23-11)106(86-91)126-74-54-42-30-18-6/h61-68,81-88,117-120H,13-60,69-80H2,1-12H3. The second-order valence-corrected chi connectivity index (χ2v) is 36.8. The number of benzene rings is 4. The molecule has 0 saturated heterocycles. The highest BCUT2D eigenvalue weighted by molar-refractivity contribution is 5.87. The molecule has 4 aromatic heterocycles. The van der Waals surface area contributed by atoms with Crippen LogP contribution in [-0.2, 0) is 0 Å². The Morgan fingerprint density at radius 3 is 0.424 bits per heavy atom. The molecule has 4 N–H and O–H groups in total. The first-order valence-corrected chi connectivity index (χ1v) is 53.7. The van der Waals surface area contributed by atoms with Gasteiger partial charge in [0.2, 0.25) is 23.0 Å². The molecule has 5 heterocycles. The average molecular weight is 1820 g/mol. The molecule has 0 amide bonds. The highest BCUT2D eigenvalue weighted by Gasteiger charge is 2.29. The van der Waals surface area contributed by atoms with Crippen LogP contribution in [0.25, 0.3) is 22.3 Å². The quantitative estimate of drug-likeness (QED) is 0.0266. The molecule has 0 radical (unpaired) electrons. The summed E-state index contributed by atoms with van der Waals surface area (Å²) >= 11 is 0. The molecular weight excluding hydrogens is 1640 g/mol. The van der Waals surface area contributed by atoms with E-state index >= 15 is 0 Å². The Morgan fingerprint density at radius 2 is 0.288 bits per heavy atom. The van der Waals surface area contributed by atoms with Gasteiger partial charge in [-0.3, -0.25) is 0 Å². The number of fused-ring (bicyclic) bond motifs is 8. The van der Waals surface area contributed by atoms with Crippen molar-refractivity contribution >= 4 is 22.3 Å². The summed E-state index contributed by atoms with van der Waals surface area (Å²) in [4.78, 5) is 16.9. The molecule has 0 saturated carbocycles. The summed E-state index contributed by atoms with van der Waals surface area (Å²) in [6, 6.07) is 35.7. The zero-order chi connectivity index (χ0) is 93.2. The Labute approximate surface area is 797 Å². The Hall–Kier alpha value is -8.92. The van der Waals surface area contributed by atoms with E-state index < -0.39 is 0 Å². The molecular formula is C116H176N4O12. The van der Waals surface area contributed by atoms with Gasteiger partial charge in [-0.25, -0.2) is 0 Å². The maximum atomic E-state index is 7.16.